The molecule has 8 heteroatoms. The molecule has 1 aliphatic rings. The van der Waals surface area contributed by atoms with Crippen LogP contribution in [0.15, 0.2) is 29.4 Å². The zero-order valence-corrected chi connectivity index (χ0v) is 13.0. The van der Waals surface area contributed by atoms with Crippen molar-refractivity contribution in [2.24, 2.45) is 11.0 Å². The third-order valence-corrected chi connectivity index (χ3v) is 4.21. The first-order chi connectivity index (χ1) is 11.1. The number of para-hydroxylation sites is 1. The lowest BCUT2D eigenvalue weighted by atomic mass is 9.69. The van der Waals surface area contributed by atoms with E-state index in [9.17, 15) is 9.59 Å². The molecule has 0 aromatic heterocycles. The number of rotatable bonds is 6. The van der Waals surface area contributed by atoms with Crippen LogP contribution in [0.25, 0.3) is 10.4 Å². The van der Waals surface area contributed by atoms with Crippen molar-refractivity contribution in [2.75, 3.05) is 32.6 Å². The van der Waals surface area contributed by atoms with E-state index in [4.69, 9.17) is 15.0 Å². The van der Waals surface area contributed by atoms with Gasteiger partial charge in [-0.1, -0.05) is 23.3 Å². The number of carbonyl (C=O) groups excluding carboxylic acids is 2. The largest absolute Gasteiger partial charge is 0.468 e. The predicted octanol–water partition coefficient (Wildman–Crippen LogP) is 2.01. The number of nitrogens with one attached hydrogen (secondary N) is 1. The summed E-state index contributed by atoms with van der Waals surface area (Å²) in [5, 5.41) is 6.76. The van der Waals surface area contributed by atoms with Crippen LogP contribution in [0, 0.1) is 5.92 Å². The van der Waals surface area contributed by atoms with Crippen molar-refractivity contribution in [1.82, 2.24) is 0 Å². The molecule has 1 heterocycles. The van der Waals surface area contributed by atoms with Gasteiger partial charge in [-0.05, 0) is 23.6 Å². The smallest absolute Gasteiger partial charge is 0.321 e. The molecule has 0 radical (unpaired) electrons. The first kappa shape index (κ1) is 16.6. The van der Waals surface area contributed by atoms with Crippen LogP contribution in [0.2, 0.25) is 0 Å². The maximum Gasteiger partial charge on any atom is 0.321 e. The van der Waals surface area contributed by atoms with Gasteiger partial charge in [0.15, 0.2) is 5.92 Å². The van der Waals surface area contributed by atoms with E-state index >= 15 is 0 Å². The third kappa shape index (κ3) is 2.93. The molecule has 1 N–H and O–H groups in total. The summed E-state index contributed by atoms with van der Waals surface area (Å²) >= 11 is 0. The highest BCUT2D eigenvalue weighted by Gasteiger charge is 2.53. The second-order valence-corrected chi connectivity index (χ2v) is 5.24. The van der Waals surface area contributed by atoms with Crippen LogP contribution in [-0.4, -0.2) is 39.2 Å². The zero-order chi connectivity index (χ0) is 16.9. The highest BCUT2D eigenvalue weighted by Crippen LogP contribution is 2.45. The summed E-state index contributed by atoms with van der Waals surface area (Å²) in [6.07, 6.45) is 0.315. The second kappa shape index (κ2) is 7.02. The molecule has 0 aliphatic carbocycles. The van der Waals surface area contributed by atoms with Gasteiger partial charge in [-0.15, -0.1) is 0 Å². The van der Waals surface area contributed by atoms with Crippen molar-refractivity contribution in [2.45, 2.75) is 11.8 Å². The van der Waals surface area contributed by atoms with Gasteiger partial charge in [-0.3, -0.25) is 9.59 Å². The molecule has 1 aromatic carbocycles. The van der Waals surface area contributed by atoms with Gasteiger partial charge >= 0.3 is 11.9 Å². The molecule has 0 saturated carbocycles. The molecule has 23 heavy (non-hydrogen) atoms. The topological polar surface area (TPSA) is 113 Å². The lowest BCUT2D eigenvalue weighted by Crippen LogP contribution is -2.47. The fourth-order valence-electron chi connectivity index (χ4n) is 3.12. The number of hydrogen-bond acceptors (Lipinski definition) is 6. The number of azide groups is 1. The van der Waals surface area contributed by atoms with E-state index in [2.05, 4.69) is 15.3 Å². The van der Waals surface area contributed by atoms with Crippen molar-refractivity contribution < 1.29 is 19.1 Å². The van der Waals surface area contributed by atoms with Gasteiger partial charge in [-0.25, -0.2) is 0 Å². The molecule has 0 spiro atoms. The van der Waals surface area contributed by atoms with E-state index in [0.29, 0.717) is 13.0 Å². The van der Waals surface area contributed by atoms with Crippen molar-refractivity contribution in [3.63, 3.8) is 0 Å². The summed E-state index contributed by atoms with van der Waals surface area (Å²) in [5.74, 6) is -2.48. The van der Waals surface area contributed by atoms with Crippen LogP contribution >= 0.6 is 0 Å². The fraction of sp³-hybridized carbons (Fsp3) is 0.467. The Morgan fingerprint density at radius 1 is 1.35 bits per heavy atom. The van der Waals surface area contributed by atoms with Gasteiger partial charge in [0.2, 0.25) is 0 Å². The summed E-state index contributed by atoms with van der Waals surface area (Å²) in [6.45, 7) is 0.499. The molecule has 122 valence electrons. The van der Waals surface area contributed by atoms with Gasteiger partial charge in [0.25, 0.3) is 0 Å². The average Bonchev–Trinajstić information content (AvgIpc) is 2.95. The monoisotopic (exact) mass is 318 g/mol. The summed E-state index contributed by atoms with van der Waals surface area (Å²) in [5.41, 5.74) is 9.30. The Hall–Kier alpha value is -2.73. The molecule has 0 saturated heterocycles. The second-order valence-electron chi connectivity index (χ2n) is 5.24. The van der Waals surface area contributed by atoms with Crippen LogP contribution in [0.3, 0.4) is 0 Å². The van der Waals surface area contributed by atoms with E-state index < -0.39 is 23.3 Å². The normalized spacial score (nSPS) is 18.6. The van der Waals surface area contributed by atoms with Gasteiger partial charge in [0, 0.05) is 29.1 Å². The number of nitrogens with zero attached hydrogens (tertiary/aromatic N) is 3. The molecule has 1 aromatic rings. The minimum Gasteiger partial charge on any atom is -0.468 e. The predicted molar refractivity (Wildman–Crippen MR) is 82.8 cm³/mol. The van der Waals surface area contributed by atoms with Crippen molar-refractivity contribution in [1.29, 1.82) is 0 Å². The van der Waals surface area contributed by atoms with E-state index in [1.54, 1.807) is 0 Å². The maximum atomic E-state index is 12.3. The lowest BCUT2D eigenvalue weighted by Gasteiger charge is -2.34. The maximum absolute atomic E-state index is 12.3. The molecule has 1 aliphatic heterocycles. The van der Waals surface area contributed by atoms with Crippen LogP contribution < -0.4 is 5.32 Å². The molecular formula is C15H18N4O4. The first-order valence-corrected chi connectivity index (χ1v) is 7.10. The van der Waals surface area contributed by atoms with Crippen molar-refractivity contribution >= 4 is 17.6 Å². The minimum atomic E-state index is -1.14. The average molecular weight is 318 g/mol. The number of anilines is 1. The molecular weight excluding hydrogens is 300 g/mol. The molecule has 0 fully saturated rings. The van der Waals surface area contributed by atoms with E-state index in [0.717, 1.165) is 11.3 Å². The number of ether oxygens (including phenoxy) is 2. The SMILES string of the molecule is COC(=O)C(C(=O)OC)C1(CCN=[N+]=[N-])CNc2ccccc21. The fourth-order valence-corrected chi connectivity index (χ4v) is 3.12. The summed E-state index contributed by atoms with van der Waals surface area (Å²) in [4.78, 5) is 27.3. The molecule has 2 rings (SSSR count). The number of esters is 2. The summed E-state index contributed by atoms with van der Waals surface area (Å²) in [7, 11) is 2.46. The highest BCUT2D eigenvalue weighted by molar-refractivity contribution is 5.97. The van der Waals surface area contributed by atoms with E-state index in [1.807, 2.05) is 24.3 Å². The van der Waals surface area contributed by atoms with Gasteiger partial charge < -0.3 is 14.8 Å². The first-order valence-electron chi connectivity index (χ1n) is 7.10. The van der Waals surface area contributed by atoms with Gasteiger partial charge in [0.1, 0.15) is 0 Å². The van der Waals surface area contributed by atoms with E-state index in [1.165, 1.54) is 14.2 Å². The van der Waals surface area contributed by atoms with Crippen LogP contribution in [0.5, 0.6) is 0 Å². The Morgan fingerprint density at radius 2 is 2.00 bits per heavy atom. The Morgan fingerprint density at radius 3 is 2.61 bits per heavy atom. The Labute approximate surface area is 133 Å². The highest BCUT2D eigenvalue weighted by atomic mass is 16.5. The van der Waals surface area contributed by atoms with Crippen LogP contribution in [0.4, 0.5) is 5.69 Å². The number of methoxy groups -OCH3 is 2. The minimum absolute atomic E-state index is 0.150. The van der Waals surface area contributed by atoms with Crippen LogP contribution in [0.1, 0.15) is 12.0 Å². The quantitative estimate of drug-likeness (QED) is 0.283. The lowest BCUT2D eigenvalue weighted by molar-refractivity contribution is -0.162. The Bertz CT molecular complexity index is 641. The van der Waals surface area contributed by atoms with Crippen molar-refractivity contribution in [3.05, 3.63) is 40.3 Å². The molecule has 1 atom stereocenters. The Kier molecular flexibility index (Phi) is 5.08. The summed E-state index contributed by atoms with van der Waals surface area (Å²) in [6, 6.07) is 7.42. The number of benzene rings is 1. The summed E-state index contributed by atoms with van der Waals surface area (Å²) < 4.78 is 9.65. The van der Waals surface area contributed by atoms with Crippen molar-refractivity contribution in [3.8, 4) is 0 Å². The zero-order valence-electron chi connectivity index (χ0n) is 13.0. The Balaban J connectivity index is 2.55. The standard InChI is InChI=1S/C15H18N4O4/c1-22-13(20)12(14(21)23-2)15(7-8-18-19-16)9-17-11-6-4-3-5-10(11)15/h3-6,12,17H,7-9H2,1-2H3. The molecule has 0 bridgehead atoms. The number of hydrogen-bond donors (Lipinski definition) is 1. The van der Waals surface area contributed by atoms with Gasteiger partial charge in [0.05, 0.1) is 14.2 Å². The number of fused-ring (bicyclic) bond motifs is 1. The molecule has 8 nitrogen and oxygen atoms in total. The third-order valence-electron chi connectivity index (χ3n) is 4.21. The van der Waals surface area contributed by atoms with Gasteiger partial charge in [-0.2, -0.15) is 0 Å². The van der Waals surface area contributed by atoms with E-state index in [-0.39, 0.29) is 6.54 Å². The van der Waals surface area contributed by atoms with Crippen LogP contribution in [-0.2, 0) is 24.5 Å². The molecule has 0 amide bonds. The molecule has 1 unspecified atom stereocenters. The number of carbonyl (C=O) groups is 2.